The average Bonchev–Trinajstić information content (AvgIpc) is 2.28. The highest BCUT2D eigenvalue weighted by molar-refractivity contribution is 5.64. The molecule has 82 valence electrons. The third-order valence-corrected chi connectivity index (χ3v) is 2.59. The van der Waals surface area contributed by atoms with Gasteiger partial charge in [-0.25, -0.2) is 0 Å². The van der Waals surface area contributed by atoms with Gasteiger partial charge < -0.3 is 5.73 Å². The van der Waals surface area contributed by atoms with Crippen LogP contribution in [-0.2, 0) is 6.54 Å². The number of rotatable bonds is 2. The number of aryl methyl sites for hydroxylation is 2. The molecule has 2 aromatic rings. The number of nitrogens with zero attached hydrogens (tertiary/aromatic N) is 1. The molecular formula is C14H16N2. The Kier molecular flexibility index (Phi) is 3.02. The maximum absolute atomic E-state index is 5.62. The molecule has 2 nitrogen and oxygen atoms in total. The van der Waals surface area contributed by atoms with E-state index in [-0.39, 0.29) is 0 Å². The van der Waals surface area contributed by atoms with Crippen molar-refractivity contribution in [2.24, 2.45) is 5.73 Å². The molecule has 0 fully saturated rings. The minimum atomic E-state index is 0.533. The van der Waals surface area contributed by atoms with Crippen LogP contribution in [0.2, 0.25) is 0 Å². The van der Waals surface area contributed by atoms with Gasteiger partial charge in [0.15, 0.2) is 0 Å². The first-order chi connectivity index (χ1) is 7.69. The number of nitrogens with two attached hydrogens (primary N) is 1. The molecule has 0 unspecified atom stereocenters. The Balaban J connectivity index is 2.49. The van der Waals surface area contributed by atoms with Crippen LogP contribution >= 0.6 is 0 Å². The normalized spacial score (nSPS) is 10.4. The van der Waals surface area contributed by atoms with Crippen LogP contribution in [0.15, 0.2) is 36.7 Å². The summed E-state index contributed by atoms with van der Waals surface area (Å²) in [5.74, 6) is 0. The van der Waals surface area contributed by atoms with Gasteiger partial charge in [-0.2, -0.15) is 0 Å². The Labute approximate surface area is 96.1 Å². The molecule has 0 saturated carbocycles. The lowest BCUT2D eigenvalue weighted by Crippen LogP contribution is -1.97. The molecule has 0 bridgehead atoms. The van der Waals surface area contributed by atoms with Crippen molar-refractivity contribution in [3.8, 4) is 11.1 Å². The molecule has 0 amide bonds. The van der Waals surface area contributed by atoms with Gasteiger partial charge in [-0.1, -0.05) is 29.3 Å². The van der Waals surface area contributed by atoms with Crippen LogP contribution in [0, 0.1) is 13.8 Å². The van der Waals surface area contributed by atoms with E-state index in [1.165, 1.54) is 16.7 Å². The molecule has 0 spiro atoms. The quantitative estimate of drug-likeness (QED) is 0.831. The summed E-state index contributed by atoms with van der Waals surface area (Å²) < 4.78 is 0. The topological polar surface area (TPSA) is 38.9 Å². The van der Waals surface area contributed by atoms with E-state index in [1.807, 2.05) is 12.4 Å². The highest BCUT2D eigenvalue weighted by Gasteiger charge is 2.01. The number of hydrogen-bond donors (Lipinski definition) is 1. The SMILES string of the molecule is Cc1cc(C)cc(-c2cncc(CN)c2)c1. The molecule has 1 aromatic carbocycles. The molecule has 0 aliphatic heterocycles. The van der Waals surface area contributed by atoms with E-state index in [0.29, 0.717) is 6.54 Å². The first kappa shape index (κ1) is 10.8. The standard InChI is InChI=1S/C14H16N2/c1-10-3-11(2)5-13(4-10)14-6-12(7-15)8-16-9-14/h3-6,8-9H,7,15H2,1-2H3. The minimum Gasteiger partial charge on any atom is -0.326 e. The van der Waals surface area contributed by atoms with Crippen molar-refractivity contribution in [2.75, 3.05) is 0 Å². The van der Waals surface area contributed by atoms with Gasteiger partial charge in [0.1, 0.15) is 0 Å². The van der Waals surface area contributed by atoms with Gasteiger partial charge in [-0.3, -0.25) is 4.98 Å². The lowest BCUT2D eigenvalue weighted by atomic mass is 10.0. The third kappa shape index (κ3) is 2.28. The van der Waals surface area contributed by atoms with Gasteiger partial charge in [0.2, 0.25) is 0 Å². The van der Waals surface area contributed by atoms with Crippen LogP contribution in [0.25, 0.3) is 11.1 Å². The van der Waals surface area contributed by atoms with Crippen LogP contribution in [0.1, 0.15) is 16.7 Å². The first-order valence-electron chi connectivity index (χ1n) is 5.41. The summed E-state index contributed by atoms with van der Waals surface area (Å²) in [6, 6.07) is 8.61. The van der Waals surface area contributed by atoms with Crippen molar-refractivity contribution < 1.29 is 0 Å². The second-order valence-corrected chi connectivity index (χ2v) is 4.16. The zero-order valence-corrected chi connectivity index (χ0v) is 9.70. The first-order valence-corrected chi connectivity index (χ1v) is 5.41. The van der Waals surface area contributed by atoms with Crippen molar-refractivity contribution >= 4 is 0 Å². The molecule has 0 saturated heterocycles. The molecular weight excluding hydrogens is 196 g/mol. The molecule has 2 N–H and O–H groups in total. The van der Waals surface area contributed by atoms with Crippen molar-refractivity contribution in [1.82, 2.24) is 4.98 Å². The van der Waals surface area contributed by atoms with Gasteiger partial charge >= 0.3 is 0 Å². The Morgan fingerprint density at radius 3 is 2.25 bits per heavy atom. The largest absolute Gasteiger partial charge is 0.326 e. The summed E-state index contributed by atoms with van der Waals surface area (Å²) in [7, 11) is 0. The van der Waals surface area contributed by atoms with Crippen LogP contribution in [0.4, 0.5) is 0 Å². The number of hydrogen-bond acceptors (Lipinski definition) is 2. The fourth-order valence-electron chi connectivity index (χ4n) is 1.90. The highest BCUT2D eigenvalue weighted by atomic mass is 14.6. The second-order valence-electron chi connectivity index (χ2n) is 4.16. The maximum Gasteiger partial charge on any atom is 0.0346 e. The highest BCUT2D eigenvalue weighted by Crippen LogP contribution is 2.22. The van der Waals surface area contributed by atoms with Gasteiger partial charge in [0.05, 0.1) is 0 Å². The molecule has 0 atom stereocenters. The second kappa shape index (κ2) is 4.45. The van der Waals surface area contributed by atoms with E-state index in [4.69, 9.17) is 5.73 Å². The summed E-state index contributed by atoms with van der Waals surface area (Å²) in [5.41, 5.74) is 11.6. The fourth-order valence-corrected chi connectivity index (χ4v) is 1.90. The van der Waals surface area contributed by atoms with Crippen LogP contribution in [-0.4, -0.2) is 4.98 Å². The summed E-state index contributed by atoms with van der Waals surface area (Å²) in [6.45, 7) is 4.75. The van der Waals surface area contributed by atoms with Gasteiger partial charge in [0, 0.05) is 24.5 Å². The van der Waals surface area contributed by atoms with E-state index >= 15 is 0 Å². The van der Waals surface area contributed by atoms with Gasteiger partial charge in [-0.05, 0) is 31.0 Å². The van der Waals surface area contributed by atoms with Crippen molar-refractivity contribution in [2.45, 2.75) is 20.4 Å². The Bertz CT molecular complexity index is 484. The van der Waals surface area contributed by atoms with Crippen molar-refractivity contribution in [3.63, 3.8) is 0 Å². The summed E-state index contributed by atoms with van der Waals surface area (Å²) in [6.07, 6.45) is 3.69. The zero-order chi connectivity index (χ0) is 11.5. The lowest BCUT2D eigenvalue weighted by Gasteiger charge is -2.06. The van der Waals surface area contributed by atoms with Crippen molar-refractivity contribution in [3.05, 3.63) is 53.3 Å². The minimum absolute atomic E-state index is 0.533. The molecule has 1 heterocycles. The molecule has 16 heavy (non-hydrogen) atoms. The van der Waals surface area contributed by atoms with E-state index < -0.39 is 0 Å². The maximum atomic E-state index is 5.62. The average molecular weight is 212 g/mol. The zero-order valence-electron chi connectivity index (χ0n) is 9.70. The molecule has 2 rings (SSSR count). The van der Waals surface area contributed by atoms with E-state index in [9.17, 15) is 0 Å². The van der Waals surface area contributed by atoms with Crippen LogP contribution in [0.3, 0.4) is 0 Å². The summed E-state index contributed by atoms with van der Waals surface area (Å²) in [4.78, 5) is 4.21. The molecule has 0 aliphatic carbocycles. The third-order valence-electron chi connectivity index (χ3n) is 2.59. The smallest absolute Gasteiger partial charge is 0.0346 e. The van der Waals surface area contributed by atoms with Gasteiger partial charge in [-0.15, -0.1) is 0 Å². The predicted octanol–water partition coefficient (Wildman–Crippen LogP) is 2.82. The van der Waals surface area contributed by atoms with E-state index in [1.54, 1.807) is 0 Å². The number of benzene rings is 1. The van der Waals surface area contributed by atoms with Crippen molar-refractivity contribution in [1.29, 1.82) is 0 Å². The lowest BCUT2D eigenvalue weighted by molar-refractivity contribution is 1.05. The Morgan fingerprint density at radius 1 is 0.938 bits per heavy atom. The van der Waals surface area contributed by atoms with Crippen LogP contribution in [0.5, 0.6) is 0 Å². The number of pyridine rings is 1. The summed E-state index contributed by atoms with van der Waals surface area (Å²) in [5, 5.41) is 0. The van der Waals surface area contributed by atoms with E-state index in [0.717, 1.165) is 11.1 Å². The fraction of sp³-hybridized carbons (Fsp3) is 0.214. The van der Waals surface area contributed by atoms with E-state index in [2.05, 4.69) is 43.1 Å². The molecule has 2 heteroatoms. The molecule has 0 aliphatic rings. The molecule has 0 radical (unpaired) electrons. The molecule has 1 aromatic heterocycles. The van der Waals surface area contributed by atoms with Gasteiger partial charge in [0.25, 0.3) is 0 Å². The van der Waals surface area contributed by atoms with Crippen LogP contribution < -0.4 is 5.73 Å². The monoisotopic (exact) mass is 212 g/mol. The Hall–Kier alpha value is -1.67. The summed E-state index contributed by atoms with van der Waals surface area (Å²) >= 11 is 0. The number of aromatic nitrogens is 1. The predicted molar refractivity (Wildman–Crippen MR) is 67.0 cm³/mol. The Morgan fingerprint density at radius 2 is 1.62 bits per heavy atom.